The third kappa shape index (κ3) is 8.04. The molecule has 0 aliphatic carbocycles. The molecule has 0 saturated heterocycles. The van der Waals surface area contributed by atoms with Gasteiger partial charge in [0.1, 0.15) is 11.4 Å². The average Bonchev–Trinajstić information content (AvgIpc) is 2.84. The second kappa shape index (κ2) is 13.0. The lowest BCUT2D eigenvalue weighted by molar-refractivity contribution is -0.113. The Bertz CT molecular complexity index is 1200. The minimum absolute atomic E-state index is 0.0666. The molecule has 0 aliphatic rings. The summed E-state index contributed by atoms with van der Waals surface area (Å²) in [7, 11) is 3.89. The smallest absolute Gasteiger partial charge is 0.272 e. The van der Waals surface area contributed by atoms with Crippen LogP contribution in [0.25, 0.3) is 6.08 Å². The molecule has 0 atom stereocenters. The van der Waals surface area contributed by atoms with Crippen molar-refractivity contribution >= 4 is 52.5 Å². The fourth-order valence-corrected chi connectivity index (χ4v) is 3.78. The van der Waals surface area contributed by atoms with E-state index >= 15 is 0 Å². The molecule has 0 unspecified atom stereocenters. The molecule has 0 bridgehead atoms. The summed E-state index contributed by atoms with van der Waals surface area (Å²) in [5, 5.41) is 6.25. The van der Waals surface area contributed by atoms with Crippen molar-refractivity contribution in [2.24, 2.45) is 0 Å². The Morgan fingerprint density at radius 2 is 1.58 bits per heavy atom. The van der Waals surface area contributed by atoms with Crippen molar-refractivity contribution in [1.29, 1.82) is 0 Å². The summed E-state index contributed by atoms with van der Waals surface area (Å²) < 4.78 is 5.66. The normalized spacial score (nSPS) is 11.1. The summed E-state index contributed by atoms with van der Waals surface area (Å²) in [5.41, 5.74) is 2.63. The average molecular weight is 526 g/mol. The molecule has 0 radical (unpaired) electrons. The molecule has 0 spiro atoms. The van der Waals surface area contributed by atoms with Crippen LogP contribution in [0.15, 0.2) is 72.4 Å². The summed E-state index contributed by atoms with van der Waals surface area (Å²) in [6.45, 7) is 2.71. The van der Waals surface area contributed by atoms with E-state index in [-0.39, 0.29) is 5.70 Å². The Morgan fingerprint density at radius 1 is 0.944 bits per heavy atom. The van der Waals surface area contributed by atoms with Crippen LogP contribution in [0.4, 0.5) is 11.4 Å². The van der Waals surface area contributed by atoms with Crippen molar-refractivity contribution in [3.8, 4) is 5.75 Å². The molecule has 36 heavy (non-hydrogen) atoms. The minimum atomic E-state index is -0.516. The number of hydrogen-bond donors (Lipinski definition) is 2. The molecular formula is C28H29Cl2N3O3. The highest BCUT2D eigenvalue weighted by Crippen LogP contribution is 2.23. The molecular weight excluding hydrogens is 497 g/mol. The number of rotatable bonds is 10. The van der Waals surface area contributed by atoms with Gasteiger partial charge in [-0.3, -0.25) is 9.59 Å². The highest BCUT2D eigenvalue weighted by Gasteiger charge is 2.16. The van der Waals surface area contributed by atoms with E-state index in [2.05, 4.69) is 17.6 Å². The highest BCUT2D eigenvalue weighted by atomic mass is 35.5. The van der Waals surface area contributed by atoms with Gasteiger partial charge in [-0.05, 0) is 72.7 Å². The Kier molecular flexibility index (Phi) is 9.79. The zero-order valence-corrected chi connectivity index (χ0v) is 22.0. The highest BCUT2D eigenvalue weighted by molar-refractivity contribution is 6.35. The standard InChI is InChI=1S/C28H29Cl2N3O3/c1-4-5-14-36-25-12-8-20(9-13-25)27(34)32-26(15-19-6-10-24(11-7-19)33(2)3)28(35)31-23-17-21(29)16-22(30)18-23/h6-13,15-18H,4-5,14H2,1-3H3,(H,31,35)(H,32,34). The van der Waals surface area contributed by atoms with Crippen molar-refractivity contribution in [3.63, 3.8) is 0 Å². The van der Waals surface area contributed by atoms with Crippen molar-refractivity contribution in [3.05, 3.63) is 93.6 Å². The van der Waals surface area contributed by atoms with E-state index in [9.17, 15) is 9.59 Å². The third-order valence-electron chi connectivity index (χ3n) is 5.22. The number of ether oxygens (including phenoxy) is 1. The zero-order chi connectivity index (χ0) is 26.1. The fraction of sp³-hybridized carbons (Fsp3) is 0.214. The Hall–Kier alpha value is -3.48. The van der Waals surface area contributed by atoms with Gasteiger partial charge in [-0.25, -0.2) is 0 Å². The maximum absolute atomic E-state index is 13.2. The predicted molar refractivity (Wildman–Crippen MR) is 148 cm³/mol. The quantitative estimate of drug-likeness (QED) is 0.229. The first kappa shape index (κ1) is 27.1. The lowest BCUT2D eigenvalue weighted by Gasteiger charge is -2.14. The topological polar surface area (TPSA) is 70.7 Å². The lowest BCUT2D eigenvalue weighted by Crippen LogP contribution is -2.30. The van der Waals surface area contributed by atoms with Gasteiger partial charge in [0.05, 0.1) is 6.61 Å². The number of nitrogens with zero attached hydrogens (tertiary/aromatic N) is 1. The molecule has 0 aliphatic heterocycles. The first-order valence-corrected chi connectivity index (χ1v) is 12.3. The summed E-state index contributed by atoms with van der Waals surface area (Å²) >= 11 is 12.1. The minimum Gasteiger partial charge on any atom is -0.494 e. The van der Waals surface area contributed by atoms with Gasteiger partial charge in [-0.1, -0.05) is 48.7 Å². The molecule has 188 valence electrons. The molecule has 3 aromatic rings. The van der Waals surface area contributed by atoms with Crippen molar-refractivity contribution < 1.29 is 14.3 Å². The number of hydrogen-bond acceptors (Lipinski definition) is 4. The van der Waals surface area contributed by atoms with E-state index in [4.69, 9.17) is 27.9 Å². The number of benzene rings is 3. The molecule has 0 aromatic heterocycles. The number of nitrogens with one attached hydrogen (secondary N) is 2. The van der Waals surface area contributed by atoms with E-state index < -0.39 is 11.8 Å². The van der Waals surface area contributed by atoms with Gasteiger partial charge in [0, 0.05) is 41.1 Å². The summed E-state index contributed by atoms with van der Waals surface area (Å²) in [4.78, 5) is 28.2. The van der Waals surface area contributed by atoms with Gasteiger partial charge < -0.3 is 20.3 Å². The number of carbonyl (C=O) groups excluding carboxylic acids is 2. The number of unbranched alkanes of at least 4 members (excludes halogenated alkanes) is 1. The van der Waals surface area contributed by atoms with Gasteiger partial charge in [0.2, 0.25) is 0 Å². The van der Waals surface area contributed by atoms with Crippen LogP contribution in [-0.4, -0.2) is 32.5 Å². The van der Waals surface area contributed by atoms with Gasteiger partial charge in [0.25, 0.3) is 11.8 Å². The summed E-state index contributed by atoms with van der Waals surface area (Å²) in [5.74, 6) is -0.254. The Balaban J connectivity index is 1.83. The van der Waals surface area contributed by atoms with Gasteiger partial charge in [-0.15, -0.1) is 0 Å². The predicted octanol–water partition coefficient (Wildman–Crippen LogP) is 6.65. The van der Waals surface area contributed by atoms with Crippen LogP contribution in [0.5, 0.6) is 5.75 Å². The van der Waals surface area contributed by atoms with Gasteiger partial charge in [-0.2, -0.15) is 0 Å². The summed E-state index contributed by atoms with van der Waals surface area (Å²) in [6.07, 6.45) is 3.61. The van der Waals surface area contributed by atoms with E-state index in [1.807, 2.05) is 43.3 Å². The molecule has 0 fully saturated rings. The van der Waals surface area contributed by atoms with Crippen LogP contribution in [0.1, 0.15) is 35.7 Å². The first-order valence-electron chi connectivity index (χ1n) is 11.6. The largest absolute Gasteiger partial charge is 0.494 e. The fourth-order valence-electron chi connectivity index (χ4n) is 3.25. The van der Waals surface area contributed by atoms with Crippen LogP contribution >= 0.6 is 23.2 Å². The second-order valence-corrected chi connectivity index (χ2v) is 9.21. The van der Waals surface area contributed by atoms with Crippen LogP contribution in [0, 0.1) is 0 Å². The Morgan fingerprint density at radius 3 is 2.17 bits per heavy atom. The van der Waals surface area contributed by atoms with Crippen LogP contribution in [0.2, 0.25) is 10.0 Å². The Labute approximate surface area is 221 Å². The van der Waals surface area contributed by atoms with Crippen LogP contribution in [-0.2, 0) is 4.79 Å². The van der Waals surface area contributed by atoms with E-state index in [1.54, 1.807) is 48.5 Å². The third-order valence-corrected chi connectivity index (χ3v) is 5.65. The number of halogens is 2. The van der Waals surface area contributed by atoms with Crippen LogP contribution in [0.3, 0.4) is 0 Å². The van der Waals surface area contributed by atoms with Gasteiger partial charge >= 0.3 is 0 Å². The van der Waals surface area contributed by atoms with Crippen LogP contribution < -0.4 is 20.3 Å². The molecule has 0 saturated carbocycles. The molecule has 2 amide bonds. The number of amides is 2. The molecule has 3 rings (SSSR count). The number of carbonyl (C=O) groups is 2. The molecule has 6 nitrogen and oxygen atoms in total. The SMILES string of the molecule is CCCCOc1ccc(C(=O)NC(=Cc2ccc(N(C)C)cc2)C(=O)Nc2cc(Cl)cc(Cl)c2)cc1. The van der Waals surface area contributed by atoms with Gasteiger partial charge in [0.15, 0.2) is 0 Å². The molecule has 0 heterocycles. The maximum atomic E-state index is 13.2. The second-order valence-electron chi connectivity index (χ2n) is 8.34. The first-order chi connectivity index (χ1) is 17.2. The molecule has 2 N–H and O–H groups in total. The molecule has 8 heteroatoms. The van der Waals surface area contributed by atoms with Crippen molar-refractivity contribution in [2.45, 2.75) is 19.8 Å². The van der Waals surface area contributed by atoms with E-state index in [0.29, 0.717) is 33.7 Å². The van der Waals surface area contributed by atoms with Crippen molar-refractivity contribution in [1.82, 2.24) is 5.32 Å². The van der Waals surface area contributed by atoms with Crippen molar-refractivity contribution in [2.75, 3.05) is 30.9 Å². The zero-order valence-electron chi connectivity index (χ0n) is 20.5. The lowest BCUT2D eigenvalue weighted by atomic mass is 10.1. The monoisotopic (exact) mass is 525 g/mol. The summed E-state index contributed by atoms with van der Waals surface area (Å²) in [6, 6.07) is 19.1. The molecule has 3 aromatic carbocycles. The van der Waals surface area contributed by atoms with E-state index in [0.717, 1.165) is 24.1 Å². The maximum Gasteiger partial charge on any atom is 0.272 e. The van der Waals surface area contributed by atoms with E-state index in [1.165, 1.54) is 0 Å². The number of anilines is 2.